The summed E-state index contributed by atoms with van der Waals surface area (Å²) < 4.78 is 6.04. The molecule has 21 heavy (non-hydrogen) atoms. The molecule has 2 saturated carbocycles. The summed E-state index contributed by atoms with van der Waals surface area (Å²) in [4.78, 5) is 0. The van der Waals surface area contributed by atoms with Gasteiger partial charge in [0, 0.05) is 5.56 Å². The van der Waals surface area contributed by atoms with Crippen molar-refractivity contribution >= 4 is 0 Å². The lowest BCUT2D eigenvalue weighted by atomic mass is 9.60. The highest BCUT2D eigenvalue weighted by molar-refractivity contribution is 5.59. The molecule has 0 aromatic heterocycles. The van der Waals surface area contributed by atoms with E-state index in [1.807, 2.05) is 6.26 Å². The van der Waals surface area contributed by atoms with Crippen LogP contribution in [0.4, 0.5) is 0 Å². The van der Waals surface area contributed by atoms with E-state index in [4.69, 9.17) is 4.74 Å². The molecular weight excluding hydrogens is 256 g/mol. The van der Waals surface area contributed by atoms with Crippen LogP contribution in [0, 0.1) is 24.2 Å². The Morgan fingerprint density at radius 2 is 1.71 bits per heavy atom. The average Bonchev–Trinajstić information content (AvgIpc) is 2.91. The number of ether oxygens (including phenoxy) is 1. The van der Waals surface area contributed by atoms with Crippen LogP contribution in [0.3, 0.4) is 0 Å². The van der Waals surface area contributed by atoms with Crippen molar-refractivity contribution in [3.8, 4) is 5.75 Å². The number of rotatable bonds is 2. The van der Waals surface area contributed by atoms with Crippen LogP contribution in [0.5, 0.6) is 5.75 Å². The van der Waals surface area contributed by atoms with E-state index >= 15 is 0 Å². The molecule has 0 radical (unpaired) electrons. The van der Waals surface area contributed by atoms with Crippen molar-refractivity contribution in [3.63, 3.8) is 0 Å². The lowest BCUT2D eigenvalue weighted by Crippen LogP contribution is -2.31. The van der Waals surface area contributed by atoms with Gasteiger partial charge in [0.2, 0.25) is 0 Å². The third-order valence-corrected chi connectivity index (χ3v) is 5.81. The van der Waals surface area contributed by atoms with Gasteiger partial charge in [-0.25, -0.2) is 0 Å². The van der Waals surface area contributed by atoms with Gasteiger partial charge < -0.3 is 4.74 Å². The number of aryl methyl sites for hydroxylation is 1. The topological polar surface area (TPSA) is 9.23 Å². The molecule has 0 saturated heterocycles. The smallest absolute Gasteiger partial charge is 0.130 e. The van der Waals surface area contributed by atoms with E-state index in [1.54, 1.807) is 11.1 Å². The molecule has 1 heteroatoms. The monoisotopic (exact) mass is 282 g/mol. The van der Waals surface area contributed by atoms with Crippen LogP contribution >= 0.6 is 0 Å². The van der Waals surface area contributed by atoms with Crippen molar-refractivity contribution in [2.75, 3.05) is 0 Å². The molecule has 4 unspecified atom stereocenters. The van der Waals surface area contributed by atoms with Crippen LogP contribution in [0.2, 0.25) is 0 Å². The zero-order valence-electron chi connectivity index (χ0n) is 13.6. The molecule has 0 heterocycles. The van der Waals surface area contributed by atoms with Crippen molar-refractivity contribution in [2.45, 2.75) is 58.8 Å². The van der Waals surface area contributed by atoms with E-state index in [0.29, 0.717) is 0 Å². The molecule has 4 rings (SSSR count). The Balaban J connectivity index is 1.66. The summed E-state index contributed by atoms with van der Waals surface area (Å²) in [7, 11) is 0. The third-order valence-electron chi connectivity index (χ3n) is 5.81. The van der Waals surface area contributed by atoms with Crippen molar-refractivity contribution in [1.29, 1.82) is 0 Å². The van der Waals surface area contributed by atoms with Crippen molar-refractivity contribution in [1.82, 2.24) is 0 Å². The van der Waals surface area contributed by atoms with Gasteiger partial charge in [-0.15, -0.1) is 0 Å². The zero-order valence-corrected chi connectivity index (χ0v) is 13.6. The fraction of sp³-hybridized carbons (Fsp3) is 0.600. The molecule has 112 valence electrons. The predicted octanol–water partition coefficient (Wildman–Crippen LogP) is 5.54. The number of allylic oxidation sites excluding steroid dienone is 1. The van der Waals surface area contributed by atoms with Crippen LogP contribution in [0.1, 0.15) is 68.6 Å². The zero-order chi connectivity index (χ0) is 14.8. The molecule has 2 bridgehead atoms. The normalized spacial score (nSPS) is 33.0. The van der Waals surface area contributed by atoms with Crippen LogP contribution < -0.4 is 4.74 Å². The van der Waals surface area contributed by atoms with Crippen LogP contribution in [-0.2, 0) is 0 Å². The summed E-state index contributed by atoms with van der Waals surface area (Å²) in [6.07, 6.45) is 8.40. The van der Waals surface area contributed by atoms with Crippen LogP contribution in [0.25, 0.3) is 0 Å². The Morgan fingerprint density at radius 1 is 1.05 bits per heavy atom. The van der Waals surface area contributed by atoms with E-state index in [0.717, 1.165) is 29.4 Å². The first-order valence-corrected chi connectivity index (χ1v) is 8.43. The first-order chi connectivity index (χ1) is 9.96. The summed E-state index contributed by atoms with van der Waals surface area (Å²) in [5, 5.41) is 0. The van der Waals surface area contributed by atoms with E-state index in [-0.39, 0.29) is 5.41 Å². The summed E-state index contributed by atoms with van der Waals surface area (Å²) in [6, 6.07) is 4.44. The molecule has 3 aliphatic carbocycles. The molecule has 1 nitrogen and oxygen atoms in total. The largest absolute Gasteiger partial charge is 0.465 e. The highest BCUT2D eigenvalue weighted by Gasteiger charge is 2.57. The number of benzene rings is 1. The van der Waals surface area contributed by atoms with Gasteiger partial charge in [0.1, 0.15) is 5.75 Å². The van der Waals surface area contributed by atoms with E-state index in [2.05, 4.69) is 45.9 Å². The van der Waals surface area contributed by atoms with E-state index < -0.39 is 0 Å². The Hall–Kier alpha value is -1.24. The van der Waals surface area contributed by atoms with E-state index in [1.165, 1.54) is 24.8 Å². The quantitative estimate of drug-likeness (QED) is 0.647. The van der Waals surface area contributed by atoms with Gasteiger partial charge >= 0.3 is 0 Å². The van der Waals surface area contributed by atoms with Crippen LogP contribution in [-0.4, -0.2) is 0 Å². The predicted molar refractivity (Wildman–Crippen MR) is 86.7 cm³/mol. The molecule has 0 aliphatic heterocycles. The Morgan fingerprint density at radius 3 is 2.38 bits per heavy atom. The standard InChI is InChI=1S/C20H26O/c1-12-5-8-15(21-10-9-20(2,3)4)19-16(12)17-13-6-7-14(11-13)18(17)19/h5,8-10,13-14,17-18H,6-7,11H2,1-4H3/b10-9-. The second-order valence-electron chi connectivity index (χ2n) is 8.38. The minimum atomic E-state index is 0.173. The summed E-state index contributed by atoms with van der Waals surface area (Å²) in [5.41, 5.74) is 4.83. The van der Waals surface area contributed by atoms with E-state index in [9.17, 15) is 0 Å². The van der Waals surface area contributed by atoms with Crippen LogP contribution in [0.15, 0.2) is 24.5 Å². The Labute approximate surface area is 128 Å². The lowest BCUT2D eigenvalue weighted by molar-refractivity contribution is 0.309. The summed E-state index contributed by atoms with van der Waals surface area (Å²) in [5.74, 6) is 4.67. The molecular formula is C20H26O. The average molecular weight is 282 g/mol. The Kier molecular flexibility index (Phi) is 2.80. The maximum Gasteiger partial charge on any atom is 0.130 e. The Bertz CT molecular complexity index is 605. The fourth-order valence-electron chi connectivity index (χ4n) is 4.95. The molecule has 2 fully saturated rings. The number of hydrogen-bond donors (Lipinski definition) is 0. The summed E-state index contributed by atoms with van der Waals surface area (Å²) in [6.45, 7) is 8.88. The first kappa shape index (κ1) is 13.4. The van der Waals surface area contributed by atoms with Gasteiger partial charge in [-0.05, 0) is 78.5 Å². The molecule has 4 atom stereocenters. The number of fused-ring (bicyclic) bond motifs is 8. The van der Waals surface area contributed by atoms with Gasteiger partial charge in [-0.3, -0.25) is 0 Å². The first-order valence-electron chi connectivity index (χ1n) is 8.43. The molecule has 0 N–H and O–H groups in total. The highest BCUT2D eigenvalue weighted by atomic mass is 16.5. The van der Waals surface area contributed by atoms with Gasteiger partial charge in [-0.1, -0.05) is 26.8 Å². The highest BCUT2D eigenvalue weighted by Crippen LogP contribution is 2.69. The van der Waals surface area contributed by atoms with Gasteiger partial charge in [0.25, 0.3) is 0 Å². The molecule has 3 aliphatic rings. The SMILES string of the molecule is Cc1ccc(O/C=C\C(C)(C)C)c2c1C1C3CCC(C3)C21. The molecule has 1 aromatic rings. The maximum atomic E-state index is 6.04. The number of hydrogen-bond acceptors (Lipinski definition) is 1. The fourth-order valence-corrected chi connectivity index (χ4v) is 4.95. The second-order valence-corrected chi connectivity index (χ2v) is 8.38. The van der Waals surface area contributed by atoms with Gasteiger partial charge in [-0.2, -0.15) is 0 Å². The second kappa shape index (κ2) is 4.38. The lowest BCUT2D eigenvalue weighted by Gasteiger charge is -2.44. The van der Waals surface area contributed by atoms with Crippen molar-refractivity contribution in [2.24, 2.45) is 17.3 Å². The maximum absolute atomic E-state index is 6.04. The van der Waals surface area contributed by atoms with Crippen molar-refractivity contribution < 1.29 is 4.74 Å². The summed E-state index contributed by atoms with van der Waals surface area (Å²) >= 11 is 0. The minimum absolute atomic E-state index is 0.173. The van der Waals surface area contributed by atoms with Gasteiger partial charge in [0.15, 0.2) is 0 Å². The molecule has 0 spiro atoms. The molecule has 1 aromatic carbocycles. The minimum Gasteiger partial charge on any atom is -0.465 e. The van der Waals surface area contributed by atoms with Gasteiger partial charge in [0.05, 0.1) is 6.26 Å². The van der Waals surface area contributed by atoms with Crippen molar-refractivity contribution in [3.05, 3.63) is 41.2 Å². The molecule has 0 amide bonds. The third kappa shape index (κ3) is 1.97.